The van der Waals surface area contributed by atoms with E-state index in [1.807, 2.05) is 25.1 Å². The van der Waals surface area contributed by atoms with Crippen LogP contribution in [0.3, 0.4) is 0 Å². The van der Waals surface area contributed by atoms with Crippen molar-refractivity contribution >= 4 is 23.3 Å². The maximum Gasteiger partial charge on any atom is 0.337 e. The van der Waals surface area contributed by atoms with Crippen LogP contribution in [-0.4, -0.2) is 29.6 Å². The number of hydrogen-bond acceptors (Lipinski definition) is 6. The Labute approximate surface area is 136 Å². The number of benzene rings is 1. The molecule has 0 bridgehead atoms. The molecule has 2 rings (SSSR count). The van der Waals surface area contributed by atoms with Gasteiger partial charge in [-0.2, -0.15) is 0 Å². The molecule has 6 nitrogen and oxygen atoms in total. The minimum Gasteiger partial charge on any atom is -0.465 e. The van der Waals surface area contributed by atoms with Crippen LogP contribution in [-0.2, 0) is 4.74 Å². The third-order valence-electron chi connectivity index (χ3n) is 3.11. The highest BCUT2D eigenvalue weighted by Crippen LogP contribution is 2.18. The lowest BCUT2D eigenvalue weighted by Crippen LogP contribution is -2.10. The van der Waals surface area contributed by atoms with E-state index in [0.29, 0.717) is 23.1 Å². The fourth-order valence-electron chi connectivity index (χ4n) is 1.99. The van der Waals surface area contributed by atoms with E-state index in [1.54, 1.807) is 12.1 Å². The van der Waals surface area contributed by atoms with E-state index >= 15 is 0 Å². The lowest BCUT2D eigenvalue weighted by atomic mass is 10.2. The van der Waals surface area contributed by atoms with Gasteiger partial charge >= 0.3 is 5.97 Å². The number of aryl methyl sites for hydroxylation is 1. The van der Waals surface area contributed by atoms with E-state index in [-0.39, 0.29) is 5.97 Å². The minimum atomic E-state index is -0.352. The first-order valence-electron chi connectivity index (χ1n) is 7.53. The SMILES string of the molecule is COC(=O)c1ccc(Nc2cc(NCC(C)C)nc(C)n2)cc1. The molecular formula is C17H22N4O2. The molecule has 0 aliphatic carbocycles. The van der Waals surface area contributed by atoms with Gasteiger partial charge in [0.25, 0.3) is 0 Å². The molecule has 0 unspecified atom stereocenters. The van der Waals surface area contributed by atoms with E-state index in [0.717, 1.165) is 18.1 Å². The average molecular weight is 314 g/mol. The average Bonchev–Trinajstić information content (AvgIpc) is 2.52. The van der Waals surface area contributed by atoms with Gasteiger partial charge in [0.15, 0.2) is 0 Å². The first-order valence-corrected chi connectivity index (χ1v) is 7.53. The summed E-state index contributed by atoms with van der Waals surface area (Å²) in [6.07, 6.45) is 0. The second-order valence-electron chi connectivity index (χ2n) is 5.65. The third kappa shape index (κ3) is 4.95. The molecule has 1 aromatic carbocycles. The van der Waals surface area contributed by atoms with Gasteiger partial charge in [-0.15, -0.1) is 0 Å². The molecule has 1 heterocycles. The van der Waals surface area contributed by atoms with Gasteiger partial charge in [0.2, 0.25) is 0 Å². The summed E-state index contributed by atoms with van der Waals surface area (Å²) in [7, 11) is 1.36. The zero-order valence-electron chi connectivity index (χ0n) is 13.9. The largest absolute Gasteiger partial charge is 0.465 e. The fourth-order valence-corrected chi connectivity index (χ4v) is 1.99. The first-order chi connectivity index (χ1) is 11.0. The van der Waals surface area contributed by atoms with Crippen molar-refractivity contribution in [3.8, 4) is 0 Å². The molecule has 0 atom stereocenters. The molecule has 0 spiro atoms. The van der Waals surface area contributed by atoms with Gasteiger partial charge in [-0.05, 0) is 37.1 Å². The zero-order valence-corrected chi connectivity index (χ0v) is 13.9. The molecule has 1 aromatic heterocycles. The van der Waals surface area contributed by atoms with Gasteiger partial charge < -0.3 is 15.4 Å². The molecule has 0 aliphatic heterocycles. The highest BCUT2D eigenvalue weighted by atomic mass is 16.5. The summed E-state index contributed by atoms with van der Waals surface area (Å²) in [6, 6.07) is 8.90. The molecule has 23 heavy (non-hydrogen) atoms. The molecule has 0 saturated carbocycles. The van der Waals surface area contributed by atoms with Crippen LogP contribution < -0.4 is 10.6 Å². The Bertz CT molecular complexity index is 669. The highest BCUT2D eigenvalue weighted by molar-refractivity contribution is 5.89. The number of aromatic nitrogens is 2. The Morgan fingerprint density at radius 3 is 2.43 bits per heavy atom. The Morgan fingerprint density at radius 2 is 1.83 bits per heavy atom. The van der Waals surface area contributed by atoms with Crippen molar-refractivity contribution in [2.24, 2.45) is 5.92 Å². The van der Waals surface area contributed by atoms with E-state index in [9.17, 15) is 4.79 Å². The van der Waals surface area contributed by atoms with E-state index < -0.39 is 0 Å². The summed E-state index contributed by atoms with van der Waals surface area (Å²) in [5, 5.41) is 6.50. The highest BCUT2D eigenvalue weighted by Gasteiger charge is 2.06. The predicted molar refractivity (Wildman–Crippen MR) is 91.2 cm³/mol. The van der Waals surface area contributed by atoms with Crippen molar-refractivity contribution in [2.75, 3.05) is 24.3 Å². The lowest BCUT2D eigenvalue weighted by molar-refractivity contribution is 0.0601. The summed E-state index contributed by atoms with van der Waals surface area (Å²) in [6.45, 7) is 6.99. The van der Waals surface area contributed by atoms with Crippen molar-refractivity contribution in [3.05, 3.63) is 41.7 Å². The molecule has 0 amide bonds. The molecule has 0 saturated heterocycles. The third-order valence-corrected chi connectivity index (χ3v) is 3.11. The topological polar surface area (TPSA) is 76.1 Å². The summed E-state index contributed by atoms with van der Waals surface area (Å²) in [4.78, 5) is 20.2. The summed E-state index contributed by atoms with van der Waals surface area (Å²) < 4.78 is 4.68. The van der Waals surface area contributed by atoms with Crippen molar-refractivity contribution < 1.29 is 9.53 Å². The monoisotopic (exact) mass is 314 g/mol. The number of anilines is 3. The van der Waals surface area contributed by atoms with Crippen molar-refractivity contribution in [1.82, 2.24) is 9.97 Å². The second-order valence-corrected chi connectivity index (χ2v) is 5.65. The van der Waals surface area contributed by atoms with Crippen LogP contribution in [0.4, 0.5) is 17.3 Å². The number of ether oxygens (including phenoxy) is 1. The first kappa shape index (κ1) is 16.7. The molecule has 2 N–H and O–H groups in total. The minimum absolute atomic E-state index is 0.352. The van der Waals surface area contributed by atoms with Crippen LogP contribution >= 0.6 is 0 Å². The van der Waals surface area contributed by atoms with E-state index in [1.165, 1.54) is 7.11 Å². The van der Waals surface area contributed by atoms with Gasteiger partial charge in [0.1, 0.15) is 17.5 Å². The predicted octanol–water partition coefficient (Wildman–Crippen LogP) is 3.38. The Balaban J connectivity index is 2.11. The standard InChI is InChI=1S/C17H22N4O2/c1-11(2)10-18-15-9-16(20-12(3)19-15)21-14-7-5-13(6-8-14)17(22)23-4/h5-9,11H,10H2,1-4H3,(H2,18,19,20,21). The molecule has 0 aliphatic rings. The van der Waals surface area contributed by atoms with Crippen molar-refractivity contribution in [1.29, 1.82) is 0 Å². The fraction of sp³-hybridized carbons (Fsp3) is 0.353. The normalized spacial score (nSPS) is 10.5. The van der Waals surface area contributed by atoms with Crippen molar-refractivity contribution in [2.45, 2.75) is 20.8 Å². The number of carbonyl (C=O) groups is 1. The Kier molecular flexibility index (Phi) is 5.51. The van der Waals surface area contributed by atoms with Crippen LogP contribution in [0, 0.1) is 12.8 Å². The second kappa shape index (κ2) is 7.58. The smallest absolute Gasteiger partial charge is 0.337 e. The molecule has 122 valence electrons. The summed E-state index contributed by atoms with van der Waals surface area (Å²) in [5.41, 5.74) is 1.35. The zero-order chi connectivity index (χ0) is 16.8. The number of methoxy groups -OCH3 is 1. The Hall–Kier alpha value is -2.63. The van der Waals surface area contributed by atoms with Crippen LogP contribution in [0.15, 0.2) is 30.3 Å². The number of hydrogen-bond donors (Lipinski definition) is 2. The van der Waals surface area contributed by atoms with Crippen LogP contribution in [0.5, 0.6) is 0 Å². The molecule has 0 fully saturated rings. The molecule has 2 aromatic rings. The van der Waals surface area contributed by atoms with Crippen molar-refractivity contribution in [3.63, 3.8) is 0 Å². The van der Waals surface area contributed by atoms with Crippen LogP contribution in [0.1, 0.15) is 30.0 Å². The number of carbonyl (C=O) groups excluding carboxylic acids is 1. The maximum atomic E-state index is 11.4. The van der Waals surface area contributed by atoms with Crippen LogP contribution in [0.2, 0.25) is 0 Å². The molecular weight excluding hydrogens is 292 g/mol. The van der Waals surface area contributed by atoms with E-state index in [4.69, 9.17) is 0 Å². The maximum absolute atomic E-state index is 11.4. The van der Waals surface area contributed by atoms with Gasteiger partial charge in [0, 0.05) is 18.3 Å². The summed E-state index contributed by atoms with van der Waals surface area (Å²) >= 11 is 0. The van der Waals surface area contributed by atoms with Gasteiger partial charge in [-0.1, -0.05) is 13.8 Å². The molecule has 6 heteroatoms. The van der Waals surface area contributed by atoms with Gasteiger partial charge in [-0.3, -0.25) is 0 Å². The number of esters is 1. The number of nitrogens with one attached hydrogen (secondary N) is 2. The number of nitrogens with zero attached hydrogens (tertiary/aromatic N) is 2. The summed E-state index contributed by atoms with van der Waals surface area (Å²) in [5.74, 6) is 2.36. The quantitative estimate of drug-likeness (QED) is 0.796. The van der Waals surface area contributed by atoms with Gasteiger partial charge in [0.05, 0.1) is 12.7 Å². The number of rotatable bonds is 6. The van der Waals surface area contributed by atoms with E-state index in [2.05, 4.69) is 39.2 Å². The Morgan fingerprint density at radius 1 is 1.17 bits per heavy atom. The lowest BCUT2D eigenvalue weighted by Gasteiger charge is -2.11. The van der Waals surface area contributed by atoms with Crippen LogP contribution in [0.25, 0.3) is 0 Å². The van der Waals surface area contributed by atoms with Gasteiger partial charge in [-0.25, -0.2) is 14.8 Å². The molecule has 0 radical (unpaired) electrons.